The van der Waals surface area contributed by atoms with Crippen molar-refractivity contribution >= 4 is 41.0 Å². The normalized spacial score (nSPS) is 11.2. The molecule has 3 aromatic rings. The van der Waals surface area contributed by atoms with Crippen molar-refractivity contribution in [1.29, 1.82) is 0 Å². The maximum Gasteiger partial charge on any atom is 0.435 e. The molecule has 1 heterocycles. The monoisotopic (exact) mass is 479 g/mol. The number of sulfonamides is 1. The molecule has 2 aromatic carbocycles. The number of alkyl halides is 3. The molecule has 12 heteroatoms. The van der Waals surface area contributed by atoms with Gasteiger partial charge in [0.05, 0.1) is 16.3 Å². The van der Waals surface area contributed by atoms with Gasteiger partial charge in [-0.25, -0.2) is 18.2 Å². The van der Waals surface area contributed by atoms with E-state index in [0.29, 0.717) is 8.60 Å². The molecule has 1 aromatic heterocycles. The van der Waals surface area contributed by atoms with Crippen LogP contribution in [0.1, 0.15) is 24.6 Å². The quantitative estimate of drug-likeness (QED) is 0.578. The van der Waals surface area contributed by atoms with Gasteiger partial charge in [-0.1, -0.05) is 29.8 Å². The molecule has 3 rings (SSSR count). The summed E-state index contributed by atoms with van der Waals surface area (Å²) in [6, 6.07) is 13.1. The number of hydrogen-bond donors (Lipinski definition) is 1. The van der Waals surface area contributed by atoms with Crippen LogP contribution in [-0.2, 0) is 21.0 Å². The van der Waals surface area contributed by atoms with Crippen LogP contribution in [0.25, 0.3) is 16.9 Å². The summed E-state index contributed by atoms with van der Waals surface area (Å²) in [6.07, 6.45) is -3.88. The summed E-state index contributed by atoms with van der Waals surface area (Å²) in [7, 11) is -3.90. The van der Waals surface area contributed by atoms with E-state index in [-0.39, 0.29) is 21.8 Å². The number of carbonyl (C=O) groups is 1. The van der Waals surface area contributed by atoms with Crippen molar-refractivity contribution in [2.24, 2.45) is 5.14 Å². The largest absolute Gasteiger partial charge is 0.435 e. The SMILES string of the molecule is CC[C](=O)[Na].Cc1ccc(-c2cc(C(F)(F)F)nn2-c2ccc(S(N)(=O)=O)cc2)cc1.O. The molecule has 0 spiro atoms. The van der Waals surface area contributed by atoms with E-state index in [4.69, 9.17) is 5.14 Å². The molecule has 4 N–H and O–H groups in total. The molecular formula is C20H21F3N3NaO4S. The molecule has 0 amide bonds. The van der Waals surface area contributed by atoms with E-state index in [0.717, 1.165) is 50.7 Å². The van der Waals surface area contributed by atoms with Crippen molar-refractivity contribution in [3.63, 3.8) is 0 Å². The number of benzene rings is 2. The van der Waals surface area contributed by atoms with Gasteiger partial charge in [-0.05, 0) is 37.3 Å². The standard InChI is InChI=1S/C17H14F3N3O2S.C3H5O.Na.H2O/c1-11-2-4-12(5-3-11)15-10-16(17(18,19)20)22-23(15)13-6-8-14(9-7-13)26(21,24)25;1-2-3-4;;/h2-10H,1H3,(H2,21,24,25);2H2,1H3;;1H2. The molecule has 0 bridgehead atoms. The number of halogens is 3. The van der Waals surface area contributed by atoms with Gasteiger partial charge in [0.25, 0.3) is 0 Å². The van der Waals surface area contributed by atoms with E-state index in [9.17, 15) is 26.4 Å². The van der Waals surface area contributed by atoms with Crippen molar-refractivity contribution in [2.75, 3.05) is 0 Å². The van der Waals surface area contributed by atoms with E-state index < -0.39 is 21.9 Å². The zero-order chi connectivity index (χ0) is 23.4. The molecule has 0 saturated carbocycles. The van der Waals surface area contributed by atoms with Crippen LogP contribution in [0, 0.1) is 6.92 Å². The van der Waals surface area contributed by atoms with Crippen molar-refractivity contribution in [3.8, 4) is 16.9 Å². The Balaban J connectivity index is 0.000000770. The van der Waals surface area contributed by atoms with E-state index in [1.807, 2.05) is 13.8 Å². The first-order chi connectivity index (χ1) is 14.3. The fourth-order valence-corrected chi connectivity index (χ4v) is 2.94. The molecular weight excluding hydrogens is 458 g/mol. The Hall–Kier alpha value is -2.02. The molecule has 0 aliphatic rings. The van der Waals surface area contributed by atoms with Crippen LogP contribution in [-0.4, -0.2) is 54.6 Å². The third-order valence-electron chi connectivity index (χ3n) is 4.25. The Kier molecular flexibility index (Phi) is 9.82. The van der Waals surface area contributed by atoms with Crippen molar-refractivity contribution < 1.29 is 31.9 Å². The van der Waals surface area contributed by atoms with Gasteiger partial charge in [-0.3, -0.25) is 0 Å². The number of nitrogens with two attached hydrogens (primary N) is 1. The zero-order valence-corrected chi connectivity index (χ0v) is 20.5. The van der Waals surface area contributed by atoms with Gasteiger partial charge in [0.1, 0.15) is 0 Å². The fraction of sp³-hybridized carbons (Fsp3) is 0.200. The van der Waals surface area contributed by atoms with Crippen LogP contribution in [0.4, 0.5) is 13.2 Å². The summed E-state index contributed by atoms with van der Waals surface area (Å²) in [5.74, 6) is 0. The molecule has 0 aliphatic heterocycles. The van der Waals surface area contributed by atoms with Crippen LogP contribution in [0.15, 0.2) is 59.5 Å². The molecule has 168 valence electrons. The number of aromatic nitrogens is 2. The van der Waals surface area contributed by atoms with E-state index in [1.54, 1.807) is 24.3 Å². The Labute approximate surface area is 201 Å². The fourth-order valence-electron chi connectivity index (χ4n) is 2.42. The molecule has 0 aliphatic carbocycles. The van der Waals surface area contributed by atoms with Crippen LogP contribution >= 0.6 is 0 Å². The topological polar surface area (TPSA) is 127 Å². The summed E-state index contributed by atoms with van der Waals surface area (Å²) in [5.41, 5.74) is 0.996. The van der Waals surface area contributed by atoms with Crippen LogP contribution in [0.5, 0.6) is 0 Å². The zero-order valence-electron chi connectivity index (χ0n) is 17.6. The smallest absolute Gasteiger partial charge is 0.412 e. The predicted octanol–water partition coefficient (Wildman–Crippen LogP) is 2.78. The number of primary sulfonamides is 1. The van der Waals surface area contributed by atoms with E-state index in [2.05, 4.69) is 5.10 Å². The van der Waals surface area contributed by atoms with Gasteiger partial charge in [0.15, 0.2) is 5.69 Å². The number of rotatable bonds is 4. The molecule has 0 saturated heterocycles. The van der Waals surface area contributed by atoms with Gasteiger partial charge in [0, 0.05) is 5.56 Å². The second-order valence-electron chi connectivity index (χ2n) is 6.78. The third-order valence-corrected chi connectivity index (χ3v) is 5.89. The molecule has 32 heavy (non-hydrogen) atoms. The van der Waals surface area contributed by atoms with Crippen LogP contribution in [0.2, 0.25) is 0 Å². The maximum atomic E-state index is 13.1. The van der Waals surface area contributed by atoms with Crippen molar-refractivity contribution in [3.05, 3.63) is 65.9 Å². The minimum Gasteiger partial charge on any atom is -0.412 e. The van der Waals surface area contributed by atoms with Gasteiger partial charge in [0.2, 0.25) is 10.0 Å². The van der Waals surface area contributed by atoms with Crippen LogP contribution in [0.3, 0.4) is 0 Å². The molecule has 7 nitrogen and oxygen atoms in total. The van der Waals surface area contributed by atoms with E-state index in [1.165, 1.54) is 24.3 Å². The van der Waals surface area contributed by atoms with E-state index >= 15 is 0 Å². The van der Waals surface area contributed by atoms with Gasteiger partial charge in [-0.15, -0.1) is 0 Å². The summed E-state index contributed by atoms with van der Waals surface area (Å²) >= 11 is 0.731. The van der Waals surface area contributed by atoms with Crippen molar-refractivity contribution in [1.82, 2.24) is 9.78 Å². The second-order valence-corrected chi connectivity index (χ2v) is 9.46. The number of nitrogens with zero attached hydrogens (tertiary/aromatic N) is 2. The number of hydrogen-bond acceptors (Lipinski definition) is 4. The Bertz CT molecular complexity index is 1160. The summed E-state index contributed by atoms with van der Waals surface area (Å²) in [5, 5.41) is 8.70. The summed E-state index contributed by atoms with van der Waals surface area (Å²) in [6.45, 7) is 3.75. The average molecular weight is 479 g/mol. The first-order valence-electron chi connectivity index (χ1n) is 9.20. The third kappa shape index (κ3) is 7.54. The number of carbonyl (C=O) groups excluding carboxylic acids is 1. The average Bonchev–Trinajstić information content (AvgIpc) is 3.14. The Morgan fingerprint density at radius 3 is 2.00 bits per heavy atom. The molecule has 0 unspecified atom stereocenters. The molecule has 0 fully saturated rings. The molecule has 0 radical (unpaired) electrons. The summed E-state index contributed by atoms with van der Waals surface area (Å²) < 4.78 is 63.6. The van der Waals surface area contributed by atoms with Gasteiger partial charge < -0.3 is 5.48 Å². The van der Waals surface area contributed by atoms with Gasteiger partial charge >= 0.3 is 55.3 Å². The maximum absolute atomic E-state index is 13.1. The number of aryl methyl sites for hydroxylation is 1. The second kappa shape index (κ2) is 11.2. The first-order valence-corrected chi connectivity index (χ1v) is 11.7. The first kappa shape index (κ1) is 28.0. The predicted molar refractivity (Wildman–Crippen MR) is 115 cm³/mol. The van der Waals surface area contributed by atoms with Crippen LogP contribution < -0.4 is 5.14 Å². The Morgan fingerprint density at radius 2 is 1.59 bits per heavy atom. The summed E-state index contributed by atoms with van der Waals surface area (Å²) in [4.78, 5) is 9.74. The Morgan fingerprint density at radius 1 is 1.09 bits per heavy atom. The molecule has 0 atom stereocenters. The van der Waals surface area contributed by atoms with Crippen molar-refractivity contribution in [2.45, 2.75) is 31.3 Å². The minimum absolute atomic E-state index is 0. The van der Waals surface area contributed by atoms with Gasteiger partial charge in [-0.2, -0.15) is 18.3 Å². The minimum atomic E-state index is -4.61.